The Labute approximate surface area is 172 Å². The highest BCUT2D eigenvalue weighted by molar-refractivity contribution is 6.05. The van der Waals surface area contributed by atoms with Crippen molar-refractivity contribution in [3.8, 4) is 0 Å². The normalized spacial score (nSPS) is 10.9. The zero-order valence-corrected chi connectivity index (χ0v) is 16.5. The second-order valence-corrected chi connectivity index (χ2v) is 6.94. The van der Waals surface area contributed by atoms with Crippen LogP contribution in [0.25, 0.3) is 10.9 Å². The van der Waals surface area contributed by atoms with Crippen LogP contribution in [0.3, 0.4) is 0 Å². The van der Waals surface area contributed by atoms with Gasteiger partial charge in [0, 0.05) is 29.0 Å². The van der Waals surface area contributed by atoms with E-state index >= 15 is 0 Å². The zero-order valence-electron chi connectivity index (χ0n) is 16.5. The predicted molar refractivity (Wildman–Crippen MR) is 114 cm³/mol. The Morgan fingerprint density at radius 1 is 1.10 bits per heavy atom. The van der Waals surface area contributed by atoms with E-state index in [1.807, 2.05) is 26.0 Å². The lowest BCUT2D eigenvalue weighted by atomic mass is 10.1. The first-order chi connectivity index (χ1) is 14.5. The van der Waals surface area contributed by atoms with Crippen molar-refractivity contribution < 1.29 is 13.6 Å². The minimum absolute atomic E-state index is 0.443. The smallest absolute Gasteiger partial charge is 0.261 e. The van der Waals surface area contributed by atoms with E-state index in [0.29, 0.717) is 12.2 Å². The molecule has 0 unspecified atom stereocenters. The molecule has 2 N–H and O–H groups in total. The Kier molecular flexibility index (Phi) is 5.18. The summed E-state index contributed by atoms with van der Waals surface area (Å²) in [5.41, 5.74) is 3.68. The highest BCUT2D eigenvalue weighted by Gasteiger charge is 2.18. The van der Waals surface area contributed by atoms with Crippen molar-refractivity contribution in [2.24, 2.45) is 0 Å². The lowest BCUT2D eigenvalue weighted by molar-refractivity contribution is 0.101. The summed E-state index contributed by atoms with van der Waals surface area (Å²) >= 11 is 0. The van der Waals surface area contributed by atoms with Crippen LogP contribution < -0.4 is 10.2 Å². The van der Waals surface area contributed by atoms with Gasteiger partial charge in [-0.3, -0.25) is 9.89 Å². The number of amides is 1. The van der Waals surface area contributed by atoms with Gasteiger partial charge in [-0.15, -0.1) is 0 Å². The molecule has 152 valence electrons. The van der Waals surface area contributed by atoms with Gasteiger partial charge in [-0.2, -0.15) is 5.10 Å². The second kappa shape index (κ2) is 7.94. The number of carbonyl (C=O) groups is 1. The van der Waals surface area contributed by atoms with E-state index < -0.39 is 23.1 Å². The van der Waals surface area contributed by atoms with E-state index in [9.17, 15) is 13.6 Å². The van der Waals surface area contributed by atoms with Crippen LogP contribution >= 0.6 is 0 Å². The average molecular weight is 406 g/mol. The third kappa shape index (κ3) is 3.61. The second-order valence-electron chi connectivity index (χ2n) is 6.94. The number of carbonyl (C=O) groups excluding carboxylic acids is 1. The maximum atomic E-state index is 13.9. The van der Waals surface area contributed by atoms with Gasteiger partial charge in [-0.05, 0) is 61.9 Å². The zero-order chi connectivity index (χ0) is 21.3. The molecular weight excluding hydrogens is 386 g/mol. The first-order valence-corrected chi connectivity index (χ1v) is 9.54. The first kappa shape index (κ1) is 19.6. The van der Waals surface area contributed by atoms with Crippen LogP contribution in [0.2, 0.25) is 0 Å². The maximum Gasteiger partial charge on any atom is 0.261 e. The van der Waals surface area contributed by atoms with Crippen molar-refractivity contribution in [1.29, 1.82) is 0 Å². The molecule has 0 spiro atoms. The number of aromatic nitrogens is 2. The maximum absolute atomic E-state index is 13.9. The number of nitrogens with one attached hydrogen (secondary N) is 2. The Balaban J connectivity index is 1.66. The summed E-state index contributed by atoms with van der Waals surface area (Å²) in [6, 6.07) is 14.6. The number of halogens is 2. The fourth-order valence-corrected chi connectivity index (χ4v) is 3.54. The van der Waals surface area contributed by atoms with Gasteiger partial charge in [0.2, 0.25) is 0 Å². The minimum Gasteiger partial charge on any atom is -0.341 e. The molecule has 0 saturated heterocycles. The van der Waals surface area contributed by atoms with Crippen molar-refractivity contribution >= 4 is 33.9 Å². The van der Waals surface area contributed by atoms with E-state index in [1.165, 1.54) is 6.07 Å². The number of hydrogen-bond acceptors (Lipinski definition) is 3. The fourth-order valence-electron chi connectivity index (χ4n) is 3.54. The van der Waals surface area contributed by atoms with E-state index in [-0.39, 0.29) is 0 Å². The Bertz CT molecular complexity index is 1210. The quantitative estimate of drug-likeness (QED) is 0.456. The van der Waals surface area contributed by atoms with Gasteiger partial charge in [0.1, 0.15) is 17.2 Å². The van der Waals surface area contributed by atoms with Gasteiger partial charge in [-0.1, -0.05) is 12.1 Å². The minimum atomic E-state index is -0.901. The molecule has 0 bridgehead atoms. The standard InChI is InChI=1S/C23H20F2N4O/c1-3-29(21-12-20-15(10-14(21)2)13-26-28-20)17-7-4-6-16(11-17)27-23(30)22-18(24)8-5-9-19(22)25/h4-13H,3H2,1-2H3,(H,26,28)(H,27,30). The summed E-state index contributed by atoms with van der Waals surface area (Å²) in [6.45, 7) is 4.73. The molecule has 0 aliphatic carbocycles. The molecule has 0 radical (unpaired) electrons. The molecule has 7 heteroatoms. The van der Waals surface area contributed by atoms with E-state index in [1.54, 1.807) is 24.4 Å². The molecule has 4 aromatic rings. The number of anilines is 3. The monoisotopic (exact) mass is 406 g/mol. The molecule has 0 atom stereocenters. The number of benzene rings is 3. The van der Waals surface area contributed by atoms with Gasteiger partial charge in [0.15, 0.2) is 0 Å². The SMILES string of the molecule is CCN(c1cccc(NC(=O)c2c(F)cccc2F)c1)c1cc2[nH]ncc2cc1C. The number of H-pyrrole nitrogens is 1. The third-order valence-corrected chi connectivity index (χ3v) is 4.97. The van der Waals surface area contributed by atoms with Crippen LogP contribution in [-0.2, 0) is 0 Å². The van der Waals surface area contributed by atoms with E-state index in [2.05, 4.69) is 26.5 Å². The van der Waals surface area contributed by atoms with Crippen molar-refractivity contribution in [2.75, 3.05) is 16.8 Å². The van der Waals surface area contributed by atoms with E-state index in [0.717, 1.165) is 40.0 Å². The molecule has 1 aromatic heterocycles. The topological polar surface area (TPSA) is 61.0 Å². The predicted octanol–water partition coefficient (Wildman–Crippen LogP) is 5.56. The Hall–Kier alpha value is -3.74. The summed E-state index contributed by atoms with van der Waals surface area (Å²) in [5, 5.41) is 10.7. The van der Waals surface area contributed by atoms with Crippen LogP contribution in [-0.4, -0.2) is 22.6 Å². The molecule has 30 heavy (non-hydrogen) atoms. The summed E-state index contributed by atoms with van der Waals surface area (Å²) in [5.74, 6) is -2.63. The molecular formula is C23H20F2N4O. The van der Waals surface area contributed by atoms with Gasteiger partial charge in [-0.25, -0.2) is 8.78 Å². The number of nitrogens with zero attached hydrogens (tertiary/aromatic N) is 2. The highest BCUT2D eigenvalue weighted by Crippen LogP contribution is 2.32. The van der Waals surface area contributed by atoms with Crippen molar-refractivity contribution in [3.63, 3.8) is 0 Å². The lowest BCUT2D eigenvalue weighted by Crippen LogP contribution is -2.18. The number of hydrogen-bond donors (Lipinski definition) is 2. The molecule has 5 nitrogen and oxygen atoms in total. The lowest BCUT2D eigenvalue weighted by Gasteiger charge is -2.26. The molecule has 0 aliphatic heterocycles. The Morgan fingerprint density at radius 2 is 1.83 bits per heavy atom. The van der Waals surface area contributed by atoms with Gasteiger partial charge < -0.3 is 10.2 Å². The van der Waals surface area contributed by atoms with Crippen LogP contribution in [0.15, 0.2) is 60.8 Å². The van der Waals surface area contributed by atoms with E-state index in [4.69, 9.17) is 0 Å². The molecule has 0 aliphatic rings. The van der Waals surface area contributed by atoms with Crippen LogP contribution in [0.1, 0.15) is 22.8 Å². The molecule has 3 aromatic carbocycles. The number of fused-ring (bicyclic) bond motifs is 1. The molecule has 1 amide bonds. The van der Waals surface area contributed by atoms with Crippen LogP contribution in [0, 0.1) is 18.6 Å². The molecule has 4 rings (SSSR count). The van der Waals surface area contributed by atoms with Crippen LogP contribution in [0.4, 0.5) is 25.8 Å². The average Bonchev–Trinajstić information content (AvgIpc) is 3.16. The van der Waals surface area contributed by atoms with Gasteiger partial charge in [0.05, 0.1) is 11.7 Å². The van der Waals surface area contributed by atoms with Gasteiger partial charge >= 0.3 is 0 Å². The van der Waals surface area contributed by atoms with Crippen molar-refractivity contribution in [1.82, 2.24) is 10.2 Å². The fraction of sp³-hybridized carbons (Fsp3) is 0.130. The largest absolute Gasteiger partial charge is 0.341 e. The Morgan fingerprint density at radius 3 is 2.57 bits per heavy atom. The molecule has 0 fully saturated rings. The number of rotatable bonds is 5. The molecule has 1 heterocycles. The third-order valence-electron chi connectivity index (χ3n) is 4.97. The highest BCUT2D eigenvalue weighted by atomic mass is 19.1. The van der Waals surface area contributed by atoms with Gasteiger partial charge in [0.25, 0.3) is 5.91 Å². The van der Waals surface area contributed by atoms with Crippen LogP contribution in [0.5, 0.6) is 0 Å². The number of aromatic amines is 1. The number of aryl methyl sites for hydroxylation is 1. The van der Waals surface area contributed by atoms with Crippen molar-refractivity contribution in [3.05, 3.63) is 83.6 Å². The summed E-state index contributed by atoms with van der Waals surface area (Å²) in [4.78, 5) is 14.5. The summed E-state index contributed by atoms with van der Waals surface area (Å²) < 4.78 is 27.8. The van der Waals surface area contributed by atoms with Crippen molar-refractivity contribution in [2.45, 2.75) is 13.8 Å². The summed E-state index contributed by atoms with van der Waals surface area (Å²) in [6.07, 6.45) is 1.78. The first-order valence-electron chi connectivity index (χ1n) is 9.54. The summed E-state index contributed by atoms with van der Waals surface area (Å²) in [7, 11) is 0. The molecule has 0 saturated carbocycles.